The van der Waals surface area contributed by atoms with Gasteiger partial charge in [-0.3, -0.25) is 0 Å². The Balaban J connectivity index is 2.09. The number of aryl methyl sites for hydroxylation is 2. The van der Waals surface area contributed by atoms with E-state index in [1.807, 2.05) is 6.20 Å². The number of fused-ring (bicyclic) bond motifs is 1. The van der Waals surface area contributed by atoms with Crippen molar-refractivity contribution in [3.63, 3.8) is 0 Å². The van der Waals surface area contributed by atoms with E-state index >= 15 is 0 Å². The highest BCUT2D eigenvalue weighted by atomic mass is 32.1. The lowest BCUT2D eigenvalue weighted by molar-refractivity contribution is -0.522. The topological polar surface area (TPSA) is 3.88 Å². The molecule has 2 aromatic rings. The van der Waals surface area contributed by atoms with Gasteiger partial charge in [-0.1, -0.05) is 12.1 Å². The number of rotatable bonds is 1. The fourth-order valence-electron chi connectivity index (χ4n) is 2.45. The lowest BCUT2D eigenvalue weighted by atomic mass is 10.0. The van der Waals surface area contributed by atoms with Gasteiger partial charge < -0.3 is 0 Å². The van der Waals surface area contributed by atoms with Crippen LogP contribution < -0.4 is 3.96 Å². The molecule has 0 spiro atoms. The lowest BCUT2D eigenvalue weighted by Gasteiger charge is -2.06. The van der Waals surface area contributed by atoms with Crippen molar-refractivity contribution in [1.29, 1.82) is 0 Å². The van der Waals surface area contributed by atoms with Gasteiger partial charge in [0.2, 0.25) is 5.69 Å². The highest BCUT2D eigenvalue weighted by Gasteiger charge is 2.37. The molecule has 0 unspecified atom stereocenters. The van der Waals surface area contributed by atoms with E-state index < -0.39 is 11.7 Å². The number of hydrogen-bond donors (Lipinski definition) is 0. The van der Waals surface area contributed by atoms with Gasteiger partial charge in [0.15, 0.2) is 6.20 Å². The summed E-state index contributed by atoms with van der Waals surface area (Å²) in [5, 5.41) is 0. The Hall–Kier alpha value is -1.36. The molecule has 0 N–H and O–H groups in total. The number of para-hydroxylation sites is 1. The summed E-state index contributed by atoms with van der Waals surface area (Å²) >= 11 is 1.44. The van der Waals surface area contributed by atoms with Crippen LogP contribution in [-0.4, -0.2) is 0 Å². The van der Waals surface area contributed by atoms with E-state index in [9.17, 15) is 13.2 Å². The van der Waals surface area contributed by atoms with E-state index in [1.54, 1.807) is 10.0 Å². The maximum Gasteiger partial charge on any atom is 0.422 e. The molecule has 1 aliphatic carbocycles. The minimum Gasteiger partial charge on any atom is -0.166 e. The first-order valence-corrected chi connectivity index (χ1v) is 7.03. The molecular weight excluding hydrogens is 271 g/mol. The van der Waals surface area contributed by atoms with Crippen LogP contribution in [0.25, 0.3) is 5.69 Å². The second-order valence-corrected chi connectivity index (χ2v) is 5.79. The van der Waals surface area contributed by atoms with Gasteiger partial charge in [0.05, 0.1) is 4.88 Å². The van der Waals surface area contributed by atoms with Gasteiger partial charge in [0.25, 0.3) is 0 Å². The second kappa shape index (κ2) is 4.63. The van der Waals surface area contributed by atoms with Crippen LogP contribution in [0.3, 0.4) is 0 Å². The van der Waals surface area contributed by atoms with Crippen molar-refractivity contribution in [2.24, 2.45) is 0 Å². The average molecular weight is 284 g/mol. The van der Waals surface area contributed by atoms with Crippen LogP contribution in [0.15, 0.2) is 30.5 Å². The molecule has 19 heavy (non-hydrogen) atoms. The third-order valence-electron chi connectivity index (χ3n) is 3.39. The largest absolute Gasteiger partial charge is 0.422 e. The van der Waals surface area contributed by atoms with E-state index in [-0.39, 0.29) is 5.69 Å². The molecule has 0 saturated heterocycles. The molecule has 0 aliphatic heterocycles. The Kier molecular flexibility index (Phi) is 3.09. The Bertz CT molecular complexity index is 577. The highest BCUT2D eigenvalue weighted by Crippen LogP contribution is 2.33. The van der Waals surface area contributed by atoms with Gasteiger partial charge in [0, 0.05) is 11.6 Å². The van der Waals surface area contributed by atoms with Gasteiger partial charge in [-0.05, 0) is 31.7 Å². The highest BCUT2D eigenvalue weighted by molar-refractivity contribution is 7.02. The van der Waals surface area contributed by atoms with Crippen LogP contribution in [0.2, 0.25) is 0 Å². The summed E-state index contributed by atoms with van der Waals surface area (Å²) in [7, 11) is 0. The average Bonchev–Trinajstić information content (AvgIpc) is 2.81. The van der Waals surface area contributed by atoms with Crippen molar-refractivity contribution in [1.82, 2.24) is 0 Å². The second-order valence-electron chi connectivity index (χ2n) is 4.72. The third-order valence-corrected chi connectivity index (χ3v) is 4.57. The van der Waals surface area contributed by atoms with Crippen LogP contribution in [0, 0.1) is 0 Å². The Morgan fingerprint density at radius 1 is 1.05 bits per heavy atom. The number of hydrogen-bond acceptors (Lipinski definition) is 1. The molecule has 0 radical (unpaired) electrons. The van der Waals surface area contributed by atoms with Crippen LogP contribution in [0.4, 0.5) is 13.2 Å². The lowest BCUT2D eigenvalue weighted by Crippen LogP contribution is -2.28. The first-order chi connectivity index (χ1) is 9.05. The van der Waals surface area contributed by atoms with E-state index in [2.05, 4.69) is 0 Å². The zero-order valence-corrected chi connectivity index (χ0v) is 11.0. The molecule has 0 fully saturated rings. The molecule has 0 amide bonds. The standard InChI is InChI=1S/C14H13F3NS/c15-14(16,17)11-6-2-3-7-12(11)18-9-10-5-1-4-8-13(10)19-18/h2-3,6-7,9H,1,4-5,8H2/q+1. The zero-order valence-electron chi connectivity index (χ0n) is 10.2. The van der Waals surface area contributed by atoms with Crippen LogP contribution >= 0.6 is 11.5 Å². The minimum atomic E-state index is -4.31. The first kappa shape index (κ1) is 12.7. The fraction of sp³-hybridized carbons (Fsp3) is 0.357. The van der Waals surface area contributed by atoms with Crippen LogP contribution in [0.5, 0.6) is 0 Å². The van der Waals surface area contributed by atoms with Crippen molar-refractivity contribution >= 4 is 11.5 Å². The number of benzene rings is 1. The molecule has 100 valence electrons. The molecule has 5 heteroatoms. The smallest absolute Gasteiger partial charge is 0.166 e. The quantitative estimate of drug-likeness (QED) is 0.699. The first-order valence-electron chi connectivity index (χ1n) is 6.26. The van der Waals surface area contributed by atoms with Crippen molar-refractivity contribution in [2.45, 2.75) is 31.9 Å². The van der Waals surface area contributed by atoms with Crippen LogP contribution in [-0.2, 0) is 19.0 Å². The van der Waals surface area contributed by atoms with Crippen LogP contribution in [0.1, 0.15) is 28.8 Å². The molecule has 1 aromatic carbocycles. The van der Waals surface area contributed by atoms with Gasteiger partial charge in [0.1, 0.15) is 17.1 Å². The minimum absolute atomic E-state index is 0.231. The third kappa shape index (κ3) is 2.39. The molecule has 1 aromatic heterocycles. The molecular formula is C14H13F3NS+. The molecule has 0 bridgehead atoms. The molecule has 1 aliphatic rings. The molecule has 0 atom stereocenters. The normalized spacial score (nSPS) is 15.3. The van der Waals surface area contributed by atoms with E-state index in [0.29, 0.717) is 0 Å². The SMILES string of the molecule is FC(F)(F)c1ccccc1-[n+]1cc2c(s1)CCCC2. The monoisotopic (exact) mass is 284 g/mol. The molecule has 1 nitrogen and oxygen atoms in total. The Morgan fingerprint density at radius 3 is 2.53 bits per heavy atom. The predicted octanol–water partition coefficient (Wildman–Crippen LogP) is 3.92. The van der Waals surface area contributed by atoms with Crippen molar-refractivity contribution in [3.8, 4) is 5.69 Å². The molecule has 3 rings (SSSR count). The maximum atomic E-state index is 13.0. The predicted molar refractivity (Wildman–Crippen MR) is 67.5 cm³/mol. The summed E-state index contributed by atoms with van der Waals surface area (Å²) in [6.07, 6.45) is 1.78. The number of alkyl halides is 3. The number of halogens is 3. The summed E-state index contributed by atoms with van der Waals surface area (Å²) in [5.74, 6) is 0. The van der Waals surface area contributed by atoms with Crippen molar-refractivity contribution < 1.29 is 17.1 Å². The van der Waals surface area contributed by atoms with Gasteiger partial charge in [-0.25, -0.2) is 0 Å². The molecule has 0 saturated carbocycles. The number of nitrogens with zero attached hydrogens (tertiary/aromatic N) is 1. The van der Waals surface area contributed by atoms with E-state index in [4.69, 9.17) is 0 Å². The van der Waals surface area contributed by atoms with Gasteiger partial charge >= 0.3 is 6.18 Å². The Morgan fingerprint density at radius 2 is 1.79 bits per heavy atom. The number of aromatic nitrogens is 1. The van der Waals surface area contributed by atoms with Gasteiger partial charge in [-0.2, -0.15) is 13.2 Å². The van der Waals surface area contributed by atoms with E-state index in [1.165, 1.54) is 34.1 Å². The summed E-state index contributed by atoms with van der Waals surface area (Å²) in [5.41, 5.74) is 0.862. The summed E-state index contributed by atoms with van der Waals surface area (Å²) in [6.45, 7) is 0. The Labute approximate surface area is 113 Å². The summed E-state index contributed by atoms with van der Waals surface area (Å²) in [6, 6.07) is 5.75. The summed E-state index contributed by atoms with van der Waals surface area (Å²) in [4.78, 5) is 1.23. The zero-order chi connectivity index (χ0) is 13.5. The maximum absolute atomic E-state index is 13.0. The van der Waals surface area contributed by atoms with Crippen molar-refractivity contribution in [2.75, 3.05) is 0 Å². The van der Waals surface area contributed by atoms with E-state index in [0.717, 1.165) is 31.7 Å². The summed E-state index contributed by atoms with van der Waals surface area (Å²) < 4.78 is 40.7. The van der Waals surface area contributed by atoms with Crippen molar-refractivity contribution in [3.05, 3.63) is 46.5 Å². The molecule has 1 heterocycles. The van der Waals surface area contributed by atoms with Gasteiger partial charge in [-0.15, -0.1) is 3.96 Å². The fourth-order valence-corrected chi connectivity index (χ4v) is 3.64.